The van der Waals surface area contributed by atoms with Crippen molar-refractivity contribution < 1.29 is 28.9 Å². The van der Waals surface area contributed by atoms with E-state index in [9.17, 15) is 14.7 Å². The highest BCUT2D eigenvalue weighted by molar-refractivity contribution is 6.91. The molecular formula is C43H49N3O6Si. The van der Waals surface area contributed by atoms with Gasteiger partial charge in [-0.25, -0.2) is 0 Å². The average Bonchev–Trinajstić information content (AvgIpc) is 3.58. The first-order valence-electron chi connectivity index (χ1n) is 18.4. The highest BCUT2D eigenvalue weighted by Crippen LogP contribution is 2.48. The van der Waals surface area contributed by atoms with Crippen LogP contribution in [0.15, 0.2) is 97.2 Å². The number of anilines is 1. The fraction of sp³-hybridized carbons (Fsp3) is 0.349. The normalized spacial score (nSPS) is 20.2. The van der Waals surface area contributed by atoms with Gasteiger partial charge in [0.1, 0.15) is 17.6 Å². The van der Waals surface area contributed by atoms with Crippen LogP contribution in [0.5, 0.6) is 11.5 Å². The predicted octanol–water partition coefficient (Wildman–Crippen LogP) is 6.76. The molecule has 7 rings (SSSR count). The monoisotopic (exact) mass is 731 g/mol. The van der Waals surface area contributed by atoms with Gasteiger partial charge in [-0.2, -0.15) is 0 Å². The number of aromatic amines is 1. The Bertz CT molecular complexity index is 2100. The van der Waals surface area contributed by atoms with E-state index in [2.05, 4.69) is 54.6 Å². The van der Waals surface area contributed by atoms with Gasteiger partial charge in [-0.3, -0.25) is 9.59 Å². The number of fused-ring (bicyclic) bond motifs is 3. The SMILES string of the molecule is COc1ccc([Si](C)(C)C(CC(=O)N2Cc3ccccc3C[C@H]2CO)[C@@H]2Oc3ccc(NC(=O)Cc4c[nH]c5ccccc45)cc3[C@H](OC)[C@H]2C)cc1. The van der Waals surface area contributed by atoms with Crippen molar-refractivity contribution in [2.24, 2.45) is 5.92 Å². The van der Waals surface area contributed by atoms with E-state index in [1.54, 1.807) is 14.2 Å². The fourth-order valence-electron chi connectivity index (χ4n) is 8.48. The summed E-state index contributed by atoms with van der Waals surface area (Å²) >= 11 is 0. The van der Waals surface area contributed by atoms with Crippen LogP contribution in [-0.2, 0) is 33.7 Å². The highest BCUT2D eigenvalue weighted by Gasteiger charge is 2.49. The zero-order chi connectivity index (χ0) is 37.3. The summed E-state index contributed by atoms with van der Waals surface area (Å²) in [5.74, 6) is 1.25. The van der Waals surface area contributed by atoms with Gasteiger partial charge in [0, 0.05) is 59.9 Å². The lowest BCUT2D eigenvalue weighted by molar-refractivity contribution is -0.136. The minimum atomic E-state index is -2.46. The van der Waals surface area contributed by atoms with Crippen molar-refractivity contribution in [2.45, 2.75) is 69.6 Å². The number of nitrogens with zero attached hydrogens (tertiary/aromatic N) is 1. The Morgan fingerprint density at radius 1 is 1.00 bits per heavy atom. The third kappa shape index (κ3) is 7.23. The molecule has 0 fully saturated rings. The highest BCUT2D eigenvalue weighted by atomic mass is 28.3. The molecule has 9 nitrogen and oxygen atoms in total. The predicted molar refractivity (Wildman–Crippen MR) is 210 cm³/mol. The lowest BCUT2D eigenvalue weighted by Crippen LogP contribution is -2.56. The minimum absolute atomic E-state index is 0.0152. The Morgan fingerprint density at radius 2 is 1.74 bits per heavy atom. The number of methoxy groups -OCH3 is 2. The number of para-hydroxylation sites is 1. The van der Waals surface area contributed by atoms with Gasteiger partial charge >= 0.3 is 0 Å². The van der Waals surface area contributed by atoms with Crippen LogP contribution >= 0.6 is 0 Å². The van der Waals surface area contributed by atoms with E-state index in [1.165, 1.54) is 10.8 Å². The van der Waals surface area contributed by atoms with Crippen molar-refractivity contribution >= 4 is 41.7 Å². The van der Waals surface area contributed by atoms with Crippen molar-refractivity contribution in [3.8, 4) is 11.5 Å². The zero-order valence-electron chi connectivity index (χ0n) is 31.1. The number of benzene rings is 4. The molecule has 0 spiro atoms. The second kappa shape index (κ2) is 15.2. The number of amides is 2. The number of aliphatic hydroxyl groups is 1. The van der Waals surface area contributed by atoms with E-state index in [4.69, 9.17) is 14.2 Å². The van der Waals surface area contributed by atoms with E-state index in [0.717, 1.165) is 33.3 Å². The summed E-state index contributed by atoms with van der Waals surface area (Å²) in [4.78, 5) is 32.9. The maximum absolute atomic E-state index is 14.5. The molecule has 2 aliphatic rings. The van der Waals surface area contributed by atoms with Crippen molar-refractivity contribution in [1.82, 2.24) is 9.88 Å². The van der Waals surface area contributed by atoms with Gasteiger partial charge in [-0.05, 0) is 59.5 Å². The molecule has 10 heteroatoms. The number of aromatic nitrogens is 1. The Morgan fingerprint density at radius 3 is 2.47 bits per heavy atom. The number of nitrogens with one attached hydrogen (secondary N) is 2. The topological polar surface area (TPSA) is 113 Å². The molecule has 2 aliphatic heterocycles. The molecule has 0 saturated carbocycles. The number of hydrogen-bond donors (Lipinski definition) is 3. The van der Waals surface area contributed by atoms with Crippen LogP contribution in [0.4, 0.5) is 5.69 Å². The number of rotatable bonds is 11. The molecule has 5 atom stereocenters. The first-order valence-corrected chi connectivity index (χ1v) is 21.5. The number of hydrogen-bond acceptors (Lipinski definition) is 6. The molecule has 0 saturated heterocycles. The number of carbonyl (C=O) groups excluding carboxylic acids is 2. The molecule has 2 amide bonds. The van der Waals surface area contributed by atoms with E-state index in [1.807, 2.05) is 77.8 Å². The van der Waals surface area contributed by atoms with Crippen LogP contribution in [-0.4, -0.2) is 67.9 Å². The summed E-state index contributed by atoms with van der Waals surface area (Å²) in [6.07, 6.45) is 2.35. The smallest absolute Gasteiger partial charge is 0.228 e. The maximum atomic E-state index is 14.5. The number of H-pyrrole nitrogens is 1. The van der Waals surface area contributed by atoms with Gasteiger partial charge in [0.05, 0.1) is 40.4 Å². The third-order valence-electron chi connectivity index (χ3n) is 11.6. The second-order valence-electron chi connectivity index (χ2n) is 15.0. The van der Waals surface area contributed by atoms with Crippen molar-refractivity contribution in [1.29, 1.82) is 0 Å². The van der Waals surface area contributed by atoms with Crippen molar-refractivity contribution in [2.75, 3.05) is 26.1 Å². The Kier molecular flexibility index (Phi) is 10.5. The van der Waals surface area contributed by atoms with Crippen LogP contribution in [0.1, 0.15) is 41.7 Å². The van der Waals surface area contributed by atoms with Gasteiger partial charge in [0.2, 0.25) is 11.8 Å². The second-order valence-corrected chi connectivity index (χ2v) is 19.8. The molecule has 5 aromatic rings. The molecule has 3 N–H and O–H groups in total. The molecule has 276 valence electrons. The zero-order valence-corrected chi connectivity index (χ0v) is 32.1. The largest absolute Gasteiger partial charge is 0.497 e. The van der Waals surface area contributed by atoms with E-state index in [0.29, 0.717) is 24.4 Å². The van der Waals surface area contributed by atoms with E-state index in [-0.39, 0.29) is 61.0 Å². The Balaban J connectivity index is 1.17. The summed E-state index contributed by atoms with van der Waals surface area (Å²) in [5, 5.41) is 15.8. The van der Waals surface area contributed by atoms with Gasteiger partial charge in [0.15, 0.2) is 0 Å². The van der Waals surface area contributed by atoms with Gasteiger partial charge in [-0.15, -0.1) is 0 Å². The first kappa shape index (κ1) is 36.5. The third-order valence-corrected chi connectivity index (χ3v) is 15.8. The molecule has 1 unspecified atom stereocenters. The van der Waals surface area contributed by atoms with Gasteiger partial charge in [-0.1, -0.05) is 79.8 Å². The summed E-state index contributed by atoms with van der Waals surface area (Å²) in [7, 11) is 0.911. The molecular weight excluding hydrogens is 683 g/mol. The van der Waals surface area contributed by atoms with Crippen LogP contribution in [0.2, 0.25) is 18.6 Å². The molecule has 53 heavy (non-hydrogen) atoms. The molecule has 0 aliphatic carbocycles. The summed E-state index contributed by atoms with van der Waals surface area (Å²) in [6.45, 7) is 7.12. The standard InChI is InChI=1S/C43H49N3O6Si/c1-27-42(51-3)36-22-31(45-40(48)21-30-24-44-37-13-9-8-12-35(30)37)14-19-38(36)52-43(27)39(53(4,5)34-17-15-33(50-2)16-18-34)23-41(49)46-25-29-11-7-6-10-28(29)20-32(46)26-47/h6-19,22,24,27,32,39,42-44,47H,20-21,23,25-26H2,1-5H3,(H,45,48)/t27-,32+,39?,42-,43-/m1/s1. The molecule has 3 heterocycles. The van der Waals surface area contributed by atoms with Crippen LogP contribution < -0.4 is 20.0 Å². The summed E-state index contributed by atoms with van der Waals surface area (Å²) in [6, 6.07) is 29.8. The lowest BCUT2D eigenvalue weighted by Gasteiger charge is -2.46. The molecule has 1 aromatic heterocycles. The number of aliphatic hydroxyl groups excluding tert-OH is 1. The van der Waals surface area contributed by atoms with Gasteiger partial charge in [0.25, 0.3) is 0 Å². The van der Waals surface area contributed by atoms with Gasteiger partial charge < -0.3 is 34.5 Å². The summed E-state index contributed by atoms with van der Waals surface area (Å²) < 4.78 is 18.7. The molecule has 0 radical (unpaired) electrons. The van der Waals surface area contributed by atoms with Crippen LogP contribution in [0, 0.1) is 5.92 Å². The number of carbonyl (C=O) groups is 2. The molecule has 0 bridgehead atoms. The van der Waals surface area contributed by atoms with Crippen molar-refractivity contribution in [3.05, 3.63) is 119 Å². The fourth-order valence-corrected chi connectivity index (χ4v) is 11.8. The number of ether oxygens (including phenoxy) is 3. The van der Waals surface area contributed by atoms with E-state index >= 15 is 0 Å². The van der Waals surface area contributed by atoms with E-state index < -0.39 is 8.07 Å². The lowest BCUT2D eigenvalue weighted by atomic mass is 9.86. The first-order chi connectivity index (χ1) is 25.6. The average molecular weight is 732 g/mol. The summed E-state index contributed by atoms with van der Waals surface area (Å²) in [5.41, 5.74) is 5.63. The quantitative estimate of drug-likeness (QED) is 0.130. The van der Waals surface area contributed by atoms with Crippen molar-refractivity contribution in [3.63, 3.8) is 0 Å². The van der Waals surface area contributed by atoms with Crippen LogP contribution in [0.25, 0.3) is 10.9 Å². The Labute approximate surface area is 312 Å². The molecule has 4 aromatic carbocycles. The maximum Gasteiger partial charge on any atom is 0.228 e. The Hall–Kier alpha value is -4.90. The van der Waals surface area contributed by atoms with Crippen LogP contribution in [0.3, 0.4) is 0 Å². The minimum Gasteiger partial charge on any atom is -0.497 e.